The van der Waals surface area contributed by atoms with E-state index in [-0.39, 0.29) is 23.5 Å². The molecule has 0 atom stereocenters. The van der Waals surface area contributed by atoms with E-state index in [1.165, 1.54) is 11.8 Å². The van der Waals surface area contributed by atoms with Gasteiger partial charge in [-0.25, -0.2) is 0 Å². The van der Waals surface area contributed by atoms with Gasteiger partial charge < -0.3 is 14.4 Å². The van der Waals surface area contributed by atoms with Gasteiger partial charge in [-0.3, -0.25) is 14.2 Å². The van der Waals surface area contributed by atoms with Gasteiger partial charge in [0.15, 0.2) is 11.0 Å². The average Bonchev–Trinajstić information content (AvgIpc) is 3.32. The standard InChI is InChI=1S/C26H30N4O4S/c1-4-34-25(32)19-12-14-29(15-13-19)23(31)17-35-26-28-27-24(20-6-5-7-22(16-20)33-3)30(26)21-10-8-18(2)9-11-21/h5-11,16,19H,4,12-15,17H2,1-3H3. The zero-order valence-electron chi connectivity index (χ0n) is 20.3. The number of thioether (sulfide) groups is 1. The molecule has 2 heterocycles. The van der Waals surface area contributed by atoms with Crippen molar-refractivity contribution < 1.29 is 19.1 Å². The van der Waals surface area contributed by atoms with E-state index in [1.807, 2.05) is 71.8 Å². The number of hydrogen-bond acceptors (Lipinski definition) is 7. The van der Waals surface area contributed by atoms with Crippen LogP contribution in [-0.2, 0) is 14.3 Å². The maximum atomic E-state index is 12.9. The number of esters is 1. The molecule has 1 saturated heterocycles. The fourth-order valence-electron chi connectivity index (χ4n) is 4.08. The molecule has 184 valence electrons. The first-order chi connectivity index (χ1) is 17.0. The Hall–Kier alpha value is -3.33. The minimum Gasteiger partial charge on any atom is -0.497 e. The van der Waals surface area contributed by atoms with Crippen molar-refractivity contribution in [1.82, 2.24) is 19.7 Å². The molecule has 9 heteroatoms. The lowest BCUT2D eigenvalue weighted by atomic mass is 9.97. The fourth-order valence-corrected chi connectivity index (χ4v) is 4.94. The van der Waals surface area contributed by atoms with Crippen molar-refractivity contribution >= 4 is 23.6 Å². The Morgan fingerprint density at radius 1 is 1.09 bits per heavy atom. The Morgan fingerprint density at radius 2 is 1.83 bits per heavy atom. The van der Waals surface area contributed by atoms with Crippen LogP contribution in [-0.4, -0.2) is 64.1 Å². The fraction of sp³-hybridized carbons (Fsp3) is 0.385. The molecule has 0 N–H and O–H groups in total. The first-order valence-corrected chi connectivity index (χ1v) is 12.7. The second kappa shape index (κ2) is 11.4. The molecule has 1 aliphatic heterocycles. The first kappa shape index (κ1) is 24.8. The molecule has 1 amide bonds. The van der Waals surface area contributed by atoms with Crippen LogP contribution in [0.5, 0.6) is 5.75 Å². The van der Waals surface area contributed by atoms with Crippen LogP contribution in [0.15, 0.2) is 53.7 Å². The largest absolute Gasteiger partial charge is 0.497 e. The molecule has 35 heavy (non-hydrogen) atoms. The maximum Gasteiger partial charge on any atom is 0.309 e. The van der Waals surface area contributed by atoms with Crippen molar-refractivity contribution in [1.29, 1.82) is 0 Å². The summed E-state index contributed by atoms with van der Waals surface area (Å²) in [6, 6.07) is 15.8. The summed E-state index contributed by atoms with van der Waals surface area (Å²) < 4.78 is 12.5. The van der Waals surface area contributed by atoms with Crippen LogP contribution in [0.2, 0.25) is 0 Å². The second-order valence-corrected chi connectivity index (χ2v) is 9.35. The van der Waals surface area contributed by atoms with E-state index in [2.05, 4.69) is 10.2 Å². The van der Waals surface area contributed by atoms with Gasteiger partial charge in [-0.1, -0.05) is 41.6 Å². The summed E-state index contributed by atoms with van der Waals surface area (Å²) in [5.74, 6) is 1.40. The van der Waals surface area contributed by atoms with Crippen molar-refractivity contribution in [3.05, 3.63) is 54.1 Å². The van der Waals surface area contributed by atoms with Gasteiger partial charge in [0.2, 0.25) is 5.91 Å². The van der Waals surface area contributed by atoms with Crippen LogP contribution in [0.25, 0.3) is 17.1 Å². The van der Waals surface area contributed by atoms with E-state index in [0.717, 1.165) is 22.6 Å². The number of carbonyl (C=O) groups excluding carboxylic acids is 2. The zero-order chi connectivity index (χ0) is 24.8. The number of piperidine rings is 1. The molecule has 1 aliphatic rings. The number of hydrogen-bond donors (Lipinski definition) is 0. The highest BCUT2D eigenvalue weighted by molar-refractivity contribution is 7.99. The van der Waals surface area contributed by atoms with Crippen LogP contribution < -0.4 is 4.74 Å². The highest BCUT2D eigenvalue weighted by Gasteiger charge is 2.28. The molecule has 0 unspecified atom stereocenters. The van der Waals surface area contributed by atoms with Crippen LogP contribution in [0.1, 0.15) is 25.3 Å². The smallest absolute Gasteiger partial charge is 0.309 e. The monoisotopic (exact) mass is 494 g/mol. The molecule has 0 aliphatic carbocycles. The predicted molar refractivity (Wildman–Crippen MR) is 135 cm³/mol. The number of rotatable bonds is 8. The van der Waals surface area contributed by atoms with Gasteiger partial charge in [0.05, 0.1) is 25.4 Å². The summed E-state index contributed by atoms with van der Waals surface area (Å²) in [5, 5.41) is 9.52. The van der Waals surface area contributed by atoms with E-state index in [1.54, 1.807) is 7.11 Å². The lowest BCUT2D eigenvalue weighted by Crippen LogP contribution is -2.41. The van der Waals surface area contributed by atoms with Gasteiger partial charge in [-0.15, -0.1) is 10.2 Å². The van der Waals surface area contributed by atoms with Crippen LogP contribution >= 0.6 is 11.8 Å². The topological polar surface area (TPSA) is 86.6 Å². The van der Waals surface area contributed by atoms with Gasteiger partial charge in [0, 0.05) is 24.3 Å². The number of ether oxygens (including phenoxy) is 2. The van der Waals surface area contributed by atoms with Gasteiger partial charge in [0.1, 0.15) is 5.75 Å². The average molecular weight is 495 g/mol. The minimum absolute atomic E-state index is 0.0266. The number of likely N-dealkylation sites (tertiary alicyclic amines) is 1. The second-order valence-electron chi connectivity index (χ2n) is 8.40. The lowest BCUT2D eigenvalue weighted by molar-refractivity contribution is -0.151. The van der Waals surface area contributed by atoms with E-state index in [4.69, 9.17) is 9.47 Å². The first-order valence-electron chi connectivity index (χ1n) is 11.7. The van der Waals surface area contributed by atoms with Gasteiger partial charge >= 0.3 is 5.97 Å². The predicted octanol–water partition coefficient (Wildman–Crippen LogP) is 4.15. The van der Waals surface area contributed by atoms with Gasteiger partial charge in [0.25, 0.3) is 0 Å². The van der Waals surface area contributed by atoms with Crippen LogP contribution in [0, 0.1) is 12.8 Å². The lowest BCUT2D eigenvalue weighted by Gasteiger charge is -2.30. The third kappa shape index (κ3) is 5.85. The SMILES string of the molecule is CCOC(=O)C1CCN(C(=O)CSc2nnc(-c3cccc(OC)c3)n2-c2ccc(C)cc2)CC1. The van der Waals surface area contributed by atoms with E-state index in [9.17, 15) is 9.59 Å². The molecular weight excluding hydrogens is 464 g/mol. The van der Waals surface area contributed by atoms with Crippen molar-refractivity contribution in [2.75, 3.05) is 32.6 Å². The van der Waals surface area contributed by atoms with Gasteiger partial charge in [-0.05, 0) is 51.0 Å². The Bertz CT molecular complexity index is 1170. The number of aryl methyl sites for hydroxylation is 1. The van der Waals surface area contributed by atoms with Crippen molar-refractivity contribution in [3.8, 4) is 22.8 Å². The van der Waals surface area contributed by atoms with Crippen LogP contribution in [0.4, 0.5) is 0 Å². The Labute approximate surface area is 209 Å². The Balaban J connectivity index is 1.51. The zero-order valence-corrected chi connectivity index (χ0v) is 21.1. The summed E-state index contributed by atoms with van der Waals surface area (Å²) in [4.78, 5) is 26.7. The molecular formula is C26H30N4O4S. The van der Waals surface area contributed by atoms with E-state index < -0.39 is 0 Å². The highest BCUT2D eigenvalue weighted by Crippen LogP contribution is 2.30. The number of amides is 1. The molecule has 1 fully saturated rings. The molecule has 0 spiro atoms. The number of nitrogens with zero attached hydrogens (tertiary/aromatic N) is 4. The van der Waals surface area contributed by atoms with Gasteiger partial charge in [-0.2, -0.15) is 0 Å². The van der Waals surface area contributed by atoms with Crippen molar-refractivity contribution in [2.24, 2.45) is 5.92 Å². The summed E-state index contributed by atoms with van der Waals surface area (Å²) in [6.45, 7) is 5.35. The van der Waals surface area contributed by atoms with E-state index >= 15 is 0 Å². The molecule has 3 aromatic rings. The summed E-state index contributed by atoms with van der Waals surface area (Å²) in [6.07, 6.45) is 1.27. The quantitative estimate of drug-likeness (QED) is 0.344. The molecule has 4 rings (SSSR count). The summed E-state index contributed by atoms with van der Waals surface area (Å²) in [7, 11) is 1.63. The van der Waals surface area contributed by atoms with Crippen LogP contribution in [0.3, 0.4) is 0 Å². The Kier molecular flexibility index (Phi) is 8.07. The minimum atomic E-state index is -0.162. The maximum absolute atomic E-state index is 12.9. The molecule has 0 bridgehead atoms. The molecule has 1 aromatic heterocycles. The molecule has 8 nitrogen and oxygen atoms in total. The normalized spacial score (nSPS) is 14.1. The molecule has 0 saturated carbocycles. The number of aromatic nitrogens is 3. The third-order valence-corrected chi connectivity index (χ3v) is 6.96. The number of benzene rings is 2. The summed E-state index contributed by atoms with van der Waals surface area (Å²) >= 11 is 1.36. The van der Waals surface area contributed by atoms with Crippen molar-refractivity contribution in [2.45, 2.75) is 31.8 Å². The van der Waals surface area contributed by atoms with Crippen molar-refractivity contribution in [3.63, 3.8) is 0 Å². The highest BCUT2D eigenvalue weighted by atomic mass is 32.2. The molecule has 2 aromatic carbocycles. The number of carbonyl (C=O) groups is 2. The molecule has 0 radical (unpaired) electrons. The third-order valence-electron chi connectivity index (χ3n) is 6.05. The number of methoxy groups -OCH3 is 1. The summed E-state index contributed by atoms with van der Waals surface area (Å²) in [5.41, 5.74) is 2.95. The van der Waals surface area contributed by atoms with E-state index in [0.29, 0.717) is 43.5 Å². The Morgan fingerprint density at radius 3 is 2.51 bits per heavy atom.